The number of nitrogens with zero attached hydrogens (tertiary/aromatic N) is 3. The number of aromatic nitrogens is 3. The van der Waals surface area contributed by atoms with Crippen LogP contribution in [0.25, 0.3) is 0 Å². The minimum Gasteiger partial charge on any atom is -0.325 e. The van der Waals surface area contributed by atoms with Gasteiger partial charge in [-0.1, -0.05) is 53.2 Å². The van der Waals surface area contributed by atoms with Crippen molar-refractivity contribution in [1.82, 2.24) is 14.8 Å². The van der Waals surface area contributed by atoms with Crippen LogP contribution in [0.5, 0.6) is 0 Å². The van der Waals surface area contributed by atoms with E-state index in [4.69, 9.17) is 23.2 Å². The Kier molecular flexibility index (Phi) is 8.90. The Morgan fingerprint density at radius 3 is 2.58 bits per heavy atom. The van der Waals surface area contributed by atoms with Gasteiger partial charge in [0, 0.05) is 28.0 Å². The number of hydrogen-bond acceptors (Lipinski definition) is 5. The van der Waals surface area contributed by atoms with Gasteiger partial charge in [-0.15, -0.1) is 28.5 Å². The van der Waals surface area contributed by atoms with Crippen molar-refractivity contribution in [3.05, 3.63) is 82.1 Å². The SMILES string of the molecule is C=CCn1c(CSCc2ccc(Cl)cc2)nnc1SCC(=O)Nc1ccc(Cl)cc1C. The second-order valence-electron chi connectivity index (χ2n) is 6.71. The van der Waals surface area contributed by atoms with Gasteiger partial charge in [-0.05, 0) is 48.4 Å². The van der Waals surface area contributed by atoms with Gasteiger partial charge in [0.2, 0.25) is 5.91 Å². The first-order valence-corrected chi connectivity index (χ1v) is 12.4. The summed E-state index contributed by atoms with van der Waals surface area (Å²) in [6, 6.07) is 13.2. The fraction of sp³-hybridized carbons (Fsp3) is 0.227. The van der Waals surface area contributed by atoms with Gasteiger partial charge in [0.15, 0.2) is 5.16 Å². The second kappa shape index (κ2) is 11.6. The Morgan fingerprint density at radius 2 is 1.87 bits per heavy atom. The Hall–Kier alpha value is -1.93. The number of carbonyl (C=O) groups is 1. The molecule has 31 heavy (non-hydrogen) atoms. The van der Waals surface area contributed by atoms with Crippen LogP contribution in [0.15, 0.2) is 60.3 Å². The molecule has 0 fully saturated rings. The van der Waals surface area contributed by atoms with Crippen LogP contribution in [0, 0.1) is 6.92 Å². The zero-order valence-corrected chi connectivity index (χ0v) is 20.1. The summed E-state index contributed by atoms with van der Waals surface area (Å²) in [6.07, 6.45) is 1.80. The molecule has 0 aliphatic carbocycles. The van der Waals surface area contributed by atoms with Crippen molar-refractivity contribution in [3.8, 4) is 0 Å². The molecular formula is C22H22Cl2N4OS2. The normalized spacial score (nSPS) is 10.8. The monoisotopic (exact) mass is 492 g/mol. The molecule has 1 heterocycles. The maximum atomic E-state index is 12.4. The van der Waals surface area contributed by atoms with E-state index in [2.05, 4.69) is 22.1 Å². The van der Waals surface area contributed by atoms with Crippen LogP contribution in [-0.4, -0.2) is 26.4 Å². The number of thioether (sulfide) groups is 2. The number of allylic oxidation sites excluding steroid dienone is 1. The van der Waals surface area contributed by atoms with E-state index in [1.807, 2.05) is 41.8 Å². The molecule has 0 bridgehead atoms. The molecule has 1 aromatic heterocycles. The van der Waals surface area contributed by atoms with E-state index >= 15 is 0 Å². The maximum absolute atomic E-state index is 12.4. The van der Waals surface area contributed by atoms with E-state index in [-0.39, 0.29) is 11.7 Å². The van der Waals surface area contributed by atoms with Gasteiger partial charge >= 0.3 is 0 Å². The van der Waals surface area contributed by atoms with Gasteiger partial charge in [0.25, 0.3) is 0 Å². The van der Waals surface area contributed by atoms with Crippen molar-refractivity contribution < 1.29 is 4.79 Å². The molecule has 0 unspecified atom stereocenters. The van der Waals surface area contributed by atoms with E-state index in [0.29, 0.717) is 22.5 Å². The standard InChI is InChI=1S/C22H22Cl2N4OS2/c1-3-10-28-20(13-30-12-16-4-6-17(23)7-5-16)26-27-22(28)31-14-21(29)25-19-9-8-18(24)11-15(19)2/h3-9,11H,1,10,12-14H2,2H3,(H,25,29). The van der Waals surface area contributed by atoms with E-state index in [0.717, 1.165) is 27.9 Å². The highest BCUT2D eigenvalue weighted by molar-refractivity contribution is 7.99. The lowest BCUT2D eigenvalue weighted by Gasteiger charge is -2.10. The van der Waals surface area contributed by atoms with Crippen LogP contribution in [0.1, 0.15) is 17.0 Å². The molecule has 0 aliphatic rings. The van der Waals surface area contributed by atoms with Crippen LogP contribution in [-0.2, 0) is 22.8 Å². The van der Waals surface area contributed by atoms with Crippen molar-refractivity contribution in [1.29, 1.82) is 0 Å². The third-order valence-electron chi connectivity index (χ3n) is 4.31. The molecule has 1 amide bonds. The molecule has 0 aliphatic heterocycles. The average Bonchev–Trinajstić information content (AvgIpc) is 3.12. The predicted molar refractivity (Wildman–Crippen MR) is 132 cm³/mol. The van der Waals surface area contributed by atoms with Crippen LogP contribution >= 0.6 is 46.7 Å². The number of halogens is 2. The van der Waals surface area contributed by atoms with E-state index in [9.17, 15) is 4.79 Å². The minimum absolute atomic E-state index is 0.109. The van der Waals surface area contributed by atoms with Crippen molar-refractivity contribution in [2.75, 3.05) is 11.1 Å². The van der Waals surface area contributed by atoms with Crippen molar-refractivity contribution in [2.45, 2.75) is 30.1 Å². The molecule has 0 atom stereocenters. The summed E-state index contributed by atoms with van der Waals surface area (Å²) in [7, 11) is 0. The van der Waals surface area contributed by atoms with Gasteiger partial charge in [-0.2, -0.15) is 0 Å². The number of anilines is 1. The summed E-state index contributed by atoms with van der Waals surface area (Å²) >= 11 is 15.0. The van der Waals surface area contributed by atoms with Crippen LogP contribution in [0.3, 0.4) is 0 Å². The Labute approximate surface area is 200 Å². The smallest absolute Gasteiger partial charge is 0.234 e. The number of nitrogens with one attached hydrogen (secondary N) is 1. The highest BCUT2D eigenvalue weighted by Gasteiger charge is 2.14. The number of amides is 1. The molecule has 9 heteroatoms. The van der Waals surface area contributed by atoms with Gasteiger partial charge in [0.05, 0.1) is 11.5 Å². The lowest BCUT2D eigenvalue weighted by Crippen LogP contribution is -2.15. The molecule has 0 radical (unpaired) electrons. The van der Waals surface area contributed by atoms with Gasteiger partial charge < -0.3 is 9.88 Å². The summed E-state index contributed by atoms with van der Waals surface area (Å²) in [6.45, 7) is 6.32. The summed E-state index contributed by atoms with van der Waals surface area (Å²) in [4.78, 5) is 12.4. The molecule has 0 saturated heterocycles. The molecule has 0 saturated carbocycles. The summed E-state index contributed by atoms with van der Waals surface area (Å²) in [5, 5.41) is 13.6. The molecular weight excluding hydrogens is 471 g/mol. The van der Waals surface area contributed by atoms with E-state index in [1.165, 1.54) is 17.3 Å². The highest BCUT2D eigenvalue weighted by Crippen LogP contribution is 2.24. The molecule has 3 rings (SSSR count). The quantitative estimate of drug-likeness (QED) is 0.268. The molecule has 3 aromatic rings. The van der Waals surface area contributed by atoms with Gasteiger partial charge in [-0.25, -0.2) is 0 Å². The minimum atomic E-state index is -0.109. The Bertz CT molecular complexity index is 1050. The van der Waals surface area contributed by atoms with Crippen LogP contribution < -0.4 is 5.32 Å². The maximum Gasteiger partial charge on any atom is 0.234 e. The summed E-state index contributed by atoms with van der Waals surface area (Å²) in [5.41, 5.74) is 2.87. The fourth-order valence-electron chi connectivity index (χ4n) is 2.77. The van der Waals surface area contributed by atoms with Crippen molar-refractivity contribution >= 4 is 58.3 Å². The lowest BCUT2D eigenvalue weighted by atomic mass is 10.2. The number of hydrogen-bond donors (Lipinski definition) is 1. The largest absolute Gasteiger partial charge is 0.325 e. The van der Waals surface area contributed by atoms with E-state index < -0.39 is 0 Å². The second-order valence-corrected chi connectivity index (χ2v) is 9.51. The lowest BCUT2D eigenvalue weighted by molar-refractivity contribution is -0.113. The van der Waals surface area contributed by atoms with Crippen molar-refractivity contribution in [3.63, 3.8) is 0 Å². The Balaban J connectivity index is 1.56. The number of benzene rings is 2. The third kappa shape index (κ3) is 7.04. The van der Waals surface area contributed by atoms with Crippen LogP contribution in [0.4, 0.5) is 5.69 Å². The average molecular weight is 493 g/mol. The molecule has 5 nitrogen and oxygen atoms in total. The molecule has 162 valence electrons. The fourth-order valence-corrected chi connectivity index (χ4v) is 4.82. The number of aryl methyl sites for hydroxylation is 1. The zero-order valence-electron chi connectivity index (χ0n) is 17.0. The van der Waals surface area contributed by atoms with Gasteiger partial charge in [0.1, 0.15) is 5.82 Å². The molecule has 2 aromatic carbocycles. The first-order valence-electron chi connectivity index (χ1n) is 9.50. The summed E-state index contributed by atoms with van der Waals surface area (Å²) in [5.74, 6) is 2.54. The topological polar surface area (TPSA) is 59.8 Å². The Morgan fingerprint density at radius 1 is 1.13 bits per heavy atom. The van der Waals surface area contributed by atoms with E-state index in [1.54, 1.807) is 30.0 Å². The zero-order chi connectivity index (χ0) is 22.2. The first kappa shape index (κ1) is 23.7. The molecule has 0 spiro atoms. The highest BCUT2D eigenvalue weighted by atomic mass is 35.5. The van der Waals surface area contributed by atoms with Gasteiger partial charge in [-0.3, -0.25) is 4.79 Å². The first-order chi connectivity index (χ1) is 15.0. The number of rotatable bonds is 10. The molecule has 1 N–H and O–H groups in total. The predicted octanol–water partition coefficient (Wildman–Crippen LogP) is 6.24. The van der Waals surface area contributed by atoms with Crippen molar-refractivity contribution in [2.24, 2.45) is 0 Å². The third-order valence-corrected chi connectivity index (χ3v) is 6.77. The number of carbonyl (C=O) groups excluding carboxylic acids is 1. The summed E-state index contributed by atoms with van der Waals surface area (Å²) < 4.78 is 1.99. The van der Waals surface area contributed by atoms with Crippen LogP contribution in [0.2, 0.25) is 10.0 Å².